The predicted molar refractivity (Wildman–Crippen MR) is 45.4 cm³/mol. The lowest BCUT2D eigenvalue weighted by Gasteiger charge is -1.97. The van der Waals surface area contributed by atoms with Crippen molar-refractivity contribution in [1.29, 1.82) is 0 Å². The van der Waals surface area contributed by atoms with E-state index in [2.05, 4.69) is 9.97 Å². The standard InChI is InChI=1S/C8H11N3O/c1-2-7(12)5-6-3-4-10-8(9)11-6/h3-4H,2,5H2,1H3,(H2,9,10,11). The summed E-state index contributed by atoms with van der Waals surface area (Å²) in [5.74, 6) is 0.379. The highest BCUT2D eigenvalue weighted by molar-refractivity contribution is 5.80. The summed E-state index contributed by atoms with van der Waals surface area (Å²) >= 11 is 0. The fourth-order valence-corrected chi connectivity index (χ4v) is 0.838. The molecule has 4 heteroatoms. The molecular weight excluding hydrogens is 154 g/mol. The zero-order valence-electron chi connectivity index (χ0n) is 6.95. The summed E-state index contributed by atoms with van der Waals surface area (Å²) in [6.45, 7) is 1.83. The van der Waals surface area contributed by atoms with E-state index < -0.39 is 0 Å². The summed E-state index contributed by atoms with van der Waals surface area (Å²) in [5.41, 5.74) is 6.03. The van der Waals surface area contributed by atoms with Gasteiger partial charge in [-0.05, 0) is 6.07 Å². The number of rotatable bonds is 3. The fraction of sp³-hybridized carbons (Fsp3) is 0.375. The van der Waals surface area contributed by atoms with Crippen molar-refractivity contribution in [2.45, 2.75) is 19.8 Å². The van der Waals surface area contributed by atoms with Crippen molar-refractivity contribution >= 4 is 11.7 Å². The van der Waals surface area contributed by atoms with Crippen LogP contribution in [0.3, 0.4) is 0 Å². The van der Waals surface area contributed by atoms with Crippen molar-refractivity contribution in [2.75, 3.05) is 5.73 Å². The van der Waals surface area contributed by atoms with Crippen molar-refractivity contribution in [2.24, 2.45) is 0 Å². The van der Waals surface area contributed by atoms with Gasteiger partial charge >= 0.3 is 0 Å². The van der Waals surface area contributed by atoms with E-state index in [1.165, 1.54) is 0 Å². The molecule has 0 saturated carbocycles. The number of aromatic nitrogens is 2. The number of nitrogens with two attached hydrogens (primary N) is 1. The van der Waals surface area contributed by atoms with Crippen LogP contribution in [0.25, 0.3) is 0 Å². The molecule has 0 fully saturated rings. The van der Waals surface area contributed by atoms with Crippen LogP contribution >= 0.6 is 0 Å². The maximum absolute atomic E-state index is 11.0. The number of anilines is 1. The molecule has 0 atom stereocenters. The van der Waals surface area contributed by atoms with Gasteiger partial charge in [-0.1, -0.05) is 6.92 Å². The molecule has 0 aromatic carbocycles. The molecule has 1 aromatic heterocycles. The minimum absolute atomic E-state index is 0.160. The van der Waals surface area contributed by atoms with Gasteiger partial charge in [-0.2, -0.15) is 0 Å². The molecule has 1 heterocycles. The Balaban J connectivity index is 2.69. The Labute approximate surface area is 70.8 Å². The maximum Gasteiger partial charge on any atom is 0.220 e. The highest BCUT2D eigenvalue weighted by Crippen LogP contribution is 1.99. The van der Waals surface area contributed by atoms with E-state index >= 15 is 0 Å². The number of Topliss-reactive ketones (excluding diaryl/α,β-unsaturated/α-hetero) is 1. The monoisotopic (exact) mass is 165 g/mol. The summed E-state index contributed by atoms with van der Waals surface area (Å²) in [4.78, 5) is 18.6. The summed E-state index contributed by atoms with van der Waals surface area (Å²) < 4.78 is 0. The van der Waals surface area contributed by atoms with Crippen LogP contribution in [-0.2, 0) is 11.2 Å². The SMILES string of the molecule is CCC(=O)Cc1ccnc(N)n1. The summed E-state index contributed by atoms with van der Waals surface area (Å²) in [7, 11) is 0. The Morgan fingerprint density at radius 1 is 1.67 bits per heavy atom. The average Bonchev–Trinajstić information content (AvgIpc) is 2.04. The van der Waals surface area contributed by atoms with Gasteiger partial charge in [-0.15, -0.1) is 0 Å². The molecule has 0 spiro atoms. The third-order valence-corrected chi connectivity index (χ3v) is 1.50. The average molecular weight is 165 g/mol. The first-order chi connectivity index (χ1) is 5.72. The van der Waals surface area contributed by atoms with Gasteiger partial charge in [0.2, 0.25) is 5.95 Å². The number of nitrogen functional groups attached to an aromatic ring is 1. The molecule has 12 heavy (non-hydrogen) atoms. The van der Waals surface area contributed by atoms with Crippen molar-refractivity contribution < 1.29 is 4.79 Å². The smallest absolute Gasteiger partial charge is 0.220 e. The van der Waals surface area contributed by atoms with Gasteiger partial charge in [-0.3, -0.25) is 4.79 Å². The van der Waals surface area contributed by atoms with Gasteiger partial charge < -0.3 is 5.73 Å². The third-order valence-electron chi connectivity index (χ3n) is 1.50. The third kappa shape index (κ3) is 2.30. The Morgan fingerprint density at radius 2 is 2.42 bits per heavy atom. The topological polar surface area (TPSA) is 68.9 Å². The Morgan fingerprint density at radius 3 is 3.00 bits per heavy atom. The minimum atomic E-state index is 0.160. The number of carbonyl (C=O) groups excluding carboxylic acids is 1. The van der Waals surface area contributed by atoms with Crippen LogP contribution in [0.15, 0.2) is 12.3 Å². The van der Waals surface area contributed by atoms with Gasteiger partial charge in [0.05, 0.1) is 5.69 Å². The van der Waals surface area contributed by atoms with E-state index in [-0.39, 0.29) is 11.7 Å². The van der Waals surface area contributed by atoms with E-state index in [1.807, 2.05) is 6.92 Å². The quantitative estimate of drug-likeness (QED) is 0.711. The molecular formula is C8H11N3O. The molecule has 1 aromatic rings. The number of nitrogens with zero attached hydrogens (tertiary/aromatic N) is 2. The van der Waals surface area contributed by atoms with Crippen molar-refractivity contribution in [3.05, 3.63) is 18.0 Å². The summed E-state index contributed by atoms with van der Waals surface area (Å²) in [5, 5.41) is 0. The molecule has 0 aliphatic heterocycles. The fourth-order valence-electron chi connectivity index (χ4n) is 0.838. The van der Waals surface area contributed by atoms with Gasteiger partial charge in [0.15, 0.2) is 0 Å². The number of hydrogen-bond donors (Lipinski definition) is 1. The Hall–Kier alpha value is -1.45. The van der Waals surface area contributed by atoms with Crippen LogP contribution in [0.2, 0.25) is 0 Å². The number of ketones is 1. The molecule has 0 unspecified atom stereocenters. The van der Waals surface area contributed by atoms with Gasteiger partial charge in [0.25, 0.3) is 0 Å². The second-order valence-electron chi connectivity index (χ2n) is 2.48. The lowest BCUT2D eigenvalue weighted by molar-refractivity contribution is -0.118. The van der Waals surface area contributed by atoms with Crippen LogP contribution in [0.1, 0.15) is 19.0 Å². The highest BCUT2D eigenvalue weighted by atomic mass is 16.1. The summed E-state index contributed by atoms with van der Waals surface area (Å²) in [6.07, 6.45) is 2.44. The second kappa shape index (κ2) is 3.80. The molecule has 2 N–H and O–H groups in total. The van der Waals surface area contributed by atoms with Crippen LogP contribution in [-0.4, -0.2) is 15.8 Å². The molecule has 0 amide bonds. The molecule has 0 saturated heterocycles. The molecule has 64 valence electrons. The van der Waals surface area contributed by atoms with Gasteiger partial charge in [-0.25, -0.2) is 9.97 Å². The molecule has 0 aliphatic carbocycles. The Bertz CT molecular complexity index is 285. The van der Waals surface area contributed by atoms with E-state index in [0.29, 0.717) is 18.5 Å². The largest absolute Gasteiger partial charge is 0.368 e. The van der Waals surface area contributed by atoms with Crippen molar-refractivity contribution in [3.8, 4) is 0 Å². The van der Waals surface area contributed by atoms with E-state index in [1.54, 1.807) is 12.3 Å². The summed E-state index contributed by atoms with van der Waals surface area (Å²) in [6, 6.07) is 1.70. The zero-order chi connectivity index (χ0) is 8.97. The van der Waals surface area contributed by atoms with E-state index in [0.717, 1.165) is 0 Å². The first-order valence-electron chi connectivity index (χ1n) is 3.81. The first kappa shape index (κ1) is 8.64. The maximum atomic E-state index is 11.0. The van der Waals surface area contributed by atoms with Crippen LogP contribution in [0.5, 0.6) is 0 Å². The number of carbonyl (C=O) groups is 1. The molecule has 0 radical (unpaired) electrons. The molecule has 0 aliphatic rings. The van der Waals surface area contributed by atoms with Crippen LogP contribution in [0.4, 0.5) is 5.95 Å². The predicted octanol–water partition coefficient (Wildman–Crippen LogP) is 0.580. The first-order valence-corrected chi connectivity index (χ1v) is 3.81. The van der Waals surface area contributed by atoms with E-state index in [9.17, 15) is 4.79 Å². The molecule has 0 bridgehead atoms. The highest BCUT2D eigenvalue weighted by Gasteiger charge is 2.01. The van der Waals surface area contributed by atoms with Crippen molar-refractivity contribution in [3.63, 3.8) is 0 Å². The lowest BCUT2D eigenvalue weighted by atomic mass is 10.2. The second-order valence-corrected chi connectivity index (χ2v) is 2.48. The van der Waals surface area contributed by atoms with Crippen molar-refractivity contribution in [1.82, 2.24) is 9.97 Å². The number of hydrogen-bond acceptors (Lipinski definition) is 4. The van der Waals surface area contributed by atoms with Crippen LogP contribution < -0.4 is 5.73 Å². The molecule has 4 nitrogen and oxygen atoms in total. The van der Waals surface area contributed by atoms with Gasteiger partial charge in [0, 0.05) is 19.0 Å². The van der Waals surface area contributed by atoms with Crippen LogP contribution in [0, 0.1) is 0 Å². The minimum Gasteiger partial charge on any atom is -0.368 e. The lowest BCUT2D eigenvalue weighted by Crippen LogP contribution is -2.04. The zero-order valence-corrected chi connectivity index (χ0v) is 6.95. The normalized spacial score (nSPS) is 9.75. The van der Waals surface area contributed by atoms with Gasteiger partial charge in [0.1, 0.15) is 5.78 Å². The van der Waals surface area contributed by atoms with E-state index in [4.69, 9.17) is 5.73 Å². The Kier molecular flexibility index (Phi) is 2.74. The molecule has 1 rings (SSSR count).